The van der Waals surface area contributed by atoms with Crippen molar-refractivity contribution in [2.75, 3.05) is 0 Å². The van der Waals surface area contributed by atoms with Crippen molar-refractivity contribution in [3.05, 3.63) is 24.3 Å². The molecule has 0 saturated heterocycles. The van der Waals surface area contributed by atoms with Crippen LogP contribution in [-0.4, -0.2) is 16.9 Å². The third-order valence-electron chi connectivity index (χ3n) is 8.92. The molecule has 0 amide bonds. The van der Waals surface area contributed by atoms with Gasteiger partial charge in [0.1, 0.15) is 0 Å². The van der Waals surface area contributed by atoms with E-state index in [4.69, 9.17) is 5.11 Å². The molecule has 3 heteroatoms. The first-order valence-electron chi connectivity index (χ1n) is 19.2. The van der Waals surface area contributed by atoms with Gasteiger partial charge in [0.25, 0.3) is 0 Å². The van der Waals surface area contributed by atoms with Crippen molar-refractivity contribution in [2.45, 2.75) is 213 Å². The third kappa shape index (κ3) is 33.4. The van der Waals surface area contributed by atoms with Crippen LogP contribution in [0.5, 0.6) is 0 Å². The number of carbonyl (C=O) groups is 2. The highest BCUT2D eigenvalue weighted by molar-refractivity contribution is 5.91. The van der Waals surface area contributed by atoms with Gasteiger partial charge in [0, 0.05) is 12.3 Å². The van der Waals surface area contributed by atoms with E-state index in [1.165, 1.54) is 128 Å². The van der Waals surface area contributed by atoms with Crippen LogP contribution in [0, 0.1) is 5.92 Å². The van der Waals surface area contributed by atoms with Gasteiger partial charge in [0.05, 0.1) is 0 Å². The van der Waals surface area contributed by atoms with Gasteiger partial charge in [-0.1, -0.05) is 167 Å². The summed E-state index contributed by atoms with van der Waals surface area (Å²) in [6, 6.07) is 0. The number of hydrogen-bond acceptors (Lipinski definition) is 2. The van der Waals surface area contributed by atoms with Crippen LogP contribution in [0.4, 0.5) is 0 Å². The van der Waals surface area contributed by atoms with Crippen molar-refractivity contribution in [2.24, 2.45) is 5.92 Å². The normalized spacial score (nSPS) is 12.5. The van der Waals surface area contributed by atoms with Crippen molar-refractivity contribution < 1.29 is 14.7 Å². The molecular weight excluding hydrogens is 528 g/mol. The van der Waals surface area contributed by atoms with Crippen LogP contribution in [0.1, 0.15) is 213 Å². The summed E-state index contributed by atoms with van der Waals surface area (Å²) in [6.45, 7) is 4.55. The standard InChI is InChI=1S/C40H74O3/c1-3-5-7-9-11-13-15-16-17-18-20-22-24-28-32-36-39(41)38(35-31-27-25-29-33-37-40(42)43)34-30-26-23-21-19-14-12-10-8-6-4-2/h21,23,32,36,38H,3-20,22,24-31,33-35,37H2,1-2H3,(H,42,43). The van der Waals surface area contributed by atoms with Crippen LogP contribution < -0.4 is 0 Å². The molecule has 0 aromatic rings. The lowest BCUT2D eigenvalue weighted by Gasteiger charge is -2.13. The molecule has 0 aliphatic carbocycles. The zero-order chi connectivity index (χ0) is 31.5. The van der Waals surface area contributed by atoms with Gasteiger partial charge in [-0.15, -0.1) is 0 Å². The van der Waals surface area contributed by atoms with E-state index in [2.05, 4.69) is 32.1 Å². The van der Waals surface area contributed by atoms with E-state index in [9.17, 15) is 9.59 Å². The van der Waals surface area contributed by atoms with E-state index < -0.39 is 5.97 Å². The topological polar surface area (TPSA) is 54.4 Å². The third-order valence-corrected chi connectivity index (χ3v) is 8.92. The number of carbonyl (C=O) groups excluding carboxylic acids is 1. The summed E-state index contributed by atoms with van der Waals surface area (Å²) in [4.78, 5) is 23.8. The highest BCUT2D eigenvalue weighted by Gasteiger charge is 2.15. The highest BCUT2D eigenvalue weighted by Crippen LogP contribution is 2.21. The van der Waals surface area contributed by atoms with Crippen molar-refractivity contribution in [3.63, 3.8) is 0 Å². The molecule has 1 unspecified atom stereocenters. The summed E-state index contributed by atoms with van der Waals surface area (Å²) in [5.41, 5.74) is 0. The number of unbranched alkanes of at least 4 members (excludes halogenated alkanes) is 24. The zero-order valence-corrected chi connectivity index (χ0v) is 29.1. The minimum Gasteiger partial charge on any atom is -0.481 e. The summed E-state index contributed by atoms with van der Waals surface area (Å²) >= 11 is 0. The largest absolute Gasteiger partial charge is 0.481 e. The smallest absolute Gasteiger partial charge is 0.303 e. The van der Waals surface area contributed by atoms with Crippen molar-refractivity contribution in [1.82, 2.24) is 0 Å². The molecule has 3 nitrogen and oxygen atoms in total. The number of allylic oxidation sites excluding steroid dienone is 4. The molecule has 0 aliphatic heterocycles. The maximum absolute atomic E-state index is 13.1. The van der Waals surface area contributed by atoms with Gasteiger partial charge in [-0.3, -0.25) is 9.59 Å². The van der Waals surface area contributed by atoms with Gasteiger partial charge < -0.3 is 5.11 Å². The summed E-state index contributed by atoms with van der Waals surface area (Å²) in [5.74, 6) is -0.220. The number of ketones is 1. The van der Waals surface area contributed by atoms with Crippen molar-refractivity contribution >= 4 is 11.8 Å². The molecule has 0 spiro atoms. The number of hydrogen-bond donors (Lipinski definition) is 1. The lowest BCUT2D eigenvalue weighted by atomic mass is 9.90. The van der Waals surface area contributed by atoms with Gasteiger partial charge in [-0.05, 0) is 63.9 Å². The van der Waals surface area contributed by atoms with Gasteiger partial charge in [0.15, 0.2) is 5.78 Å². The first-order chi connectivity index (χ1) is 21.1. The molecule has 0 bridgehead atoms. The molecule has 0 radical (unpaired) electrons. The van der Waals surface area contributed by atoms with Crippen LogP contribution in [0.2, 0.25) is 0 Å². The second-order valence-corrected chi connectivity index (χ2v) is 13.2. The molecule has 0 aliphatic rings. The Morgan fingerprint density at radius 3 is 1.33 bits per heavy atom. The second-order valence-electron chi connectivity index (χ2n) is 13.2. The van der Waals surface area contributed by atoms with E-state index in [0.717, 1.165) is 64.2 Å². The Balaban J connectivity index is 4.14. The molecule has 1 N–H and O–H groups in total. The molecule has 0 aromatic heterocycles. The van der Waals surface area contributed by atoms with E-state index in [0.29, 0.717) is 5.78 Å². The first-order valence-corrected chi connectivity index (χ1v) is 19.2. The lowest BCUT2D eigenvalue weighted by molar-refractivity contribution is -0.137. The number of aliphatic carboxylic acids is 1. The molecule has 0 rings (SSSR count). The Hall–Kier alpha value is -1.38. The lowest BCUT2D eigenvalue weighted by Crippen LogP contribution is -2.12. The fourth-order valence-electron chi connectivity index (χ4n) is 6.00. The zero-order valence-electron chi connectivity index (χ0n) is 29.1. The minimum absolute atomic E-state index is 0.147. The fourth-order valence-corrected chi connectivity index (χ4v) is 6.00. The van der Waals surface area contributed by atoms with Crippen LogP contribution >= 0.6 is 0 Å². The van der Waals surface area contributed by atoms with Crippen molar-refractivity contribution in [1.29, 1.82) is 0 Å². The highest BCUT2D eigenvalue weighted by atomic mass is 16.4. The molecule has 252 valence electrons. The summed E-state index contributed by atoms with van der Waals surface area (Å²) < 4.78 is 0. The Kier molecular flexibility index (Phi) is 34.0. The first kappa shape index (κ1) is 41.6. The summed E-state index contributed by atoms with van der Waals surface area (Å²) in [7, 11) is 0. The molecule has 0 fully saturated rings. The average Bonchev–Trinajstić information content (AvgIpc) is 2.99. The maximum Gasteiger partial charge on any atom is 0.303 e. The number of carboxylic acids is 1. The monoisotopic (exact) mass is 603 g/mol. The maximum atomic E-state index is 13.1. The fraction of sp³-hybridized carbons (Fsp3) is 0.850. The van der Waals surface area contributed by atoms with E-state index in [-0.39, 0.29) is 12.3 Å². The predicted molar refractivity (Wildman–Crippen MR) is 189 cm³/mol. The average molecular weight is 603 g/mol. The molecule has 0 saturated carbocycles. The molecule has 0 aromatic carbocycles. The minimum atomic E-state index is -0.697. The van der Waals surface area contributed by atoms with E-state index >= 15 is 0 Å². The van der Waals surface area contributed by atoms with Crippen LogP contribution in [0.3, 0.4) is 0 Å². The number of rotatable bonds is 35. The Labute approximate surface area is 269 Å². The Morgan fingerprint density at radius 2 is 0.837 bits per heavy atom. The van der Waals surface area contributed by atoms with Crippen LogP contribution in [-0.2, 0) is 9.59 Å². The molecule has 1 atom stereocenters. The summed E-state index contributed by atoms with van der Waals surface area (Å²) in [5, 5.41) is 8.81. The van der Waals surface area contributed by atoms with Gasteiger partial charge >= 0.3 is 5.97 Å². The Bertz CT molecular complexity index is 650. The van der Waals surface area contributed by atoms with E-state index in [1.54, 1.807) is 0 Å². The molecule has 43 heavy (non-hydrogen) atoms. The van der Waals surface area contributed by atoms with E-state index in [1.807, 2.05) is 6.08 Å². The van der Waals surface area contributed by atoms with Gasteiger partial charge in [-0.2, -0.15) is 0 Å². The van der Waals surface area contributed by atoms with Crippen molar-refractivity contribution in [3.8, 4) is 0 Å². The van der Waals surface area contributed by atoms with Gasteiger partial charge in [-0.25, -0.2) is 0 Å². The predicted octanol–water partition coefficient (Wildman–Crippen LogP) is 13.5. The quantitative estimate of drug-likeness (QED) is 0.0446. The Morgan fingerprint density at radius 1 is 0.465 bits per heavy atom. The van der Waals surface area contributed by atoms with Gasteiger partial charge in [0.2, 0.25) is 0 Å². The second kappa shape index (κ2) is 35.1. The van der Waals surface area contributed by atoms with Crippen LogP contribution in [0.25, 0.3) is 0 Å². The molecular formula is C40H74O3. The molecule has 0 heterocycles. The number of carboxylic acid groups (broad SMARTS) is 1. The SMILES string of the molecule is CCCCCCCCC=CCCCC(CCCCCCCC(=O)O)C(=O)C=CCCCCCCCCCCCCCCC. The van der Waals surface area contributed by atoms with Crippen LogP contribution in [0.15, 0.2) is 24.3 Å². The summed E-state index contributed by atoms with van der Waals surface area (Å²) in [6.07, 6.45) is 46.3.